The summed E-state index contributed by atoms with van der Waals surface area (Å²) in [5.41, 5.74) is 3.07. The lowest BCUT2D eigenvalue weighted by Crippen LogP contribution is -2.41. The summed E-state index contributed by atoms with van der Waals surface area (Å²) in [5, 5.41) is 5.76. The van der Waals surface area contributed by atoms with Crippen LogP contribution in [0.15, 0.2) is 48.8 Å². The van der Waals surface area contributed by atoms with Crippen molar-refractivity contribution in [3.63, 3.8) is 0 Å². The third-order valence-corrected chi connectivity index (χ3v) is 7.06. The largest absolute Gasteiger partial charge is 0.493 e. The zero-order valence-corrected chi connectivity index (χ0v) is 18.8. The molecule has 0 radical (unpaired) electrons. The molecule has 2 aromatic carbocycles. The molecule has 1 aliphatic rings. The molecule has 1 aliphatic heterocycles. The van der Waals surface area contributed by atoms with Gasteiger partial charge in [0.15, 0.2) is 11.5 Å². The van der Waals surface area contributed by atoms with Gasteiger partial charge in [-0.25, -0.2) is 12.7 Å². The molecule has 1 aromatic heterocycles. The van der Waals surface area contributed by atoms with Crippen molar-refractivity contribution < 1.29 is 17.9 Å². The second-order valence-corrected chi connectivity index (χ2v) is 9.75. The number of pyridine rings is 1. The van der Waals surface area contributed by atoms with Crippen LogP contribution in [0.5, 0.6) is 11.5 Å². The molecule has 1 fully saturated rings. The third-order valence-electron chi connectivity index (χ3n) is 5.76. The Bertz CT molecular complexity index is 1190. The number of fused-ring (bicyclic) bond motifs is 1. The van der Waals surface area contributed by atoms with Crippen molar-refractivity contribution in [2.75, 3.05) is 38.9 Å². The average molecular weight is 442 g/mol. The fraction of sp³-hybridized carbons (Fsp3) is 0.348. The van der Waals surface area contributed by atoms with E-state index in [2.05, 4.69) is 22.4 Å². The maximum absolute atomic E-state index is 11.8. The van der Waals surface area contributed by atoms with Gasteiger partial charge < -0.3 is 14.8 Å². The number of sulfonamides is 1. The molecule has 4 rings (SSSR count). The summed E-state index contributed by atoms with van der Waals surface area (Å²) in [7, 11) is 0.113. The van der Waals surface area contributed by atoms with Crippen LogP contribution in [0.4, 0.5) is 5.69 Å². The van der Waals surface area contributed by atoms with E-state index in [1.54, 1.807) is 24.7 Å². The van der Waals surface area contributed by atoms with Crippen molar-refractivity contribution in [2.24, 2.45) is 0 Å². The normalized spacial score (nSPS) is 15.7. The summed E-state index contributed by atoms with van der Waals surface area (Å²) in [4.78, 5) is 4.30. The number of hydrogen-bond donors (Lipinski definition) is 1. The van der Waals surface area contributed by atoms with E-state index in [1.165, 1.54) is 6.26 Å². The maximum atomic E-state index is 11.8. The van der Waals surface area contributed by atoms with E-state index in [1.807, 2.05) is 30.5 Å². The molecule has 0 amide bonds. The Balaban J connectivity index is 1.66. The third kappa shape index (κ3) is 4.60. The molecule has 31 heavy (non-hydrogen) atoms. The van der Waals surface area contributed by atoms with Gasteiger partial charge >= 0.3 is 0 Å². The second kappa shape index (κ2) is 8.72. The highest BCUT2D eigenvalue weighted by molar-refractivity contribution is 7.88. The van der Waals surface area contributed by atoms with Gasteiger partial charge in [-0.1, -0.05) is 6.07 Å². The molecule has 0 aliphatic carbocycles. The van der Waals surface area contributed by atoms with E-state index in [0.717, 1.165) is 40.4 Å². The summed E-state index contributed by atoms with van der Waals surface area (Å²) < 4.78 is 36.0. The second-order valence-electron chi connectivity index (χ2n) is 7.77. The molecule has 0 atom stereocenters. The number of benzene rings is 2. The molecular weight excluding hydrogens is 414 g/mol. The first-order valence-electron chi connectivity index (χ1n) is 10.2. The molecule has 7 nitrogen and oxygen atoms in total. The topological polar surface area (TPSA) is 80.8 Å². The van der Waals surface area contributed by atoms with Gasteiger partial charge in [-0.3, -0.25) is 4.98 Å². The highest BCUT2D eigenvalue weighted by atomic mass is 32.2. The van der Waals surface area contributed by atoms with Crippen molar-refractivity contribution in [1.82, 2.24) is 9.29 Å². The van der Waals surface area contributed by atoms with Gasteiger partial charge in [0.25, 0.3) is 0 Å². The van der Waals surface area contributed by atoms with Crippen molar-refractivity contribution in [2.45, 2.75) is 18.9 Å². The SMILES string of the molecule is COc1ccc(-c2cc(NC3CCN(S(C)(=O)=O)CC3)c3cnccc3c2)cc1OC. The Morgan fingerprint density at radius 1 is 1.00 bits per heavy atom. The summed E-state index contributed by atoms with van der Waals surface area (Å²) >= 11 is 0. The lowest BCUT2D eigenvalue weighted by atomic mass is 9.99. The number of rotatable bonds is 6. The van der Waals surface area contributed by atoms with E-state index < -0.39 is 10.0 Å². The number of aromatic nitrogens is 1. The highest BCUT2D eigenvalue weighted by Gasteiger charge is 2.25. The van der Waals surface area contributed by atoms with Gasteiger partial charge in [0.1, 0.15) is 0 Å². The fourth-order valence-electron chi connectivity index (χ4n) is 4.05. The zero-order valence-electron chi connectivity index (χ0n) is 18.0. The van der Waals surface area contributed by atoms with Crippen LogP contribution in [0.3, 0.4) is 0 Å². The number of anilines is 1. The van der Waals surface area contributed by atoms with Gasteiger partial charge in [0, 0.05) is 42.6 Å². The fourth-order valence-corrected chi connectivity index (χ4v) is 4.93. The molecular formula is C23H27N3O4S. The first-order valence-corrected chi connectivity index (χ1v) is 12.1. The minimum atomic E-state index is -3.14. The molecule has 1 N–H and O–H groups in total. The van der Waals surface area contributed by atoms with Gasteiger partial charge in [-0.05, 0) is 59.7 Å². The van der Waals surface area contributed by atoms with Crippen molar-refractivity contribution >= 4 is 26.5 Å². The molecule has 1 saturated heterocycles. The molecule has 164 valence electrons. The summed E-state index contributed by atoms with van der Waals surface area (Å²) in [6, 6.07) is 12.3. The first kappa shape index (κ1) is 21.4. The van der Waals surface area contributed by atoms with E-state index in [0.29, 0.717) is 24.6 Å². The molecule has 0 saturated carbocycles. The van der Waals surface area contributed by atoms with Crippen molar-refractivity contribution in [3.05, 3.63) is 48.8 Å². The Morgan fingerprint density at radius 3 is 2.42 bits per heavy atom. The van der Waals surface area contributed by atoms with E-state index in [4.69, 9.17) is 9.47 Å². The number of methoxy groups -OCH3 is 2. The molecule has 0 spiro atoms. The number of hydrogen-bond acceptors (Lipinski definition) is 6. The predicted molar refractivity (Wildman–Crippen MR) is 123 cm³/mol. The van der Waals surface area contributed by atoms with Gasteiger partial charge in [-0.15, -0.1) is 0 Å². The van der Waals surface area contributed by atoms with E-state index >= 15 is 0 Å². The summed E-state index contributed by atoms with van der Waals surface area (Å²) in [5.74, 6) is 1.37. The Kier molecular flexibility index (Phi) is 6.02. The van der Waals surface area contributed by atoms with Crippen LogP contribution < -0.4 is 14.8 Å². The molecule has 0 bridgehead atoms. The molecule has 0 unspecified atom stereocenters. The van der Waals surface area contributed by atoms with Crippen LogP contribution in [0.25, 0.3) is 21.9 Å². The van der Waals surface area contributed by atoms with E-state index in [9.17, 15) is 8.42 Å². The Labute approximate surface area is 183 Å². The smallest absolute Gasteiger partial charge is 0.211 e. The number of nitrogens with one attached hydrogen (secondary N) is 1. The van der Waals surface area contributed by atoms with E-state index in [-0.39, 0.29) is 6.04 Å². The standard InChI is InChI=1S/C23H27N3O4S/c1-29-22-5-4-16(14-23(22)30-2)18-12-17-6-9-24-15-20(17)21(13-18)25-19-7-10-26(11-8-19)31(3,27)28/h4-6,9,12-15,19,25H,7-8,10-11H2,1-3H3. The van der Waals surface area contributed by atoms with Crippen LogP contribution in [-0.2, 0) is 10.0 Å². The van der Waals surface area contributed by atoms with Crippen molar-refractivity contribution in [1.29, 1.82) is 0 Å². The number of piperidine rings is 1. The minimum absolute atomic E-state index is 0.196. The van der Waals surface area contributed by atoms with Crippen LogP contribution in [-0.4, -0.2) is 57.3 Å². The number of nitrogens with zero attached hydrogens (tertiary/aromatic N) is 2. The molecule has 3 aromatic rings. The maximum Gasteiger partial charge on any atom is 0.211 e. The minimum Gasteiger partial charge on any atom is -0.493 e. The van der Waals surface area contributed by atoms with Crippen LogP contribution >= 0.6 is 0 Å². The Morgan fingerprint density at radius 2 is 1.74 bits per heavy atom. The van der Waals surface area contributed by atoms with Gasteiger partial charge in [0.2, 0.25) is 10.0 Å². The lowest BCUT2D eigenvalue weighted by molar-refractivity contribution is 0.332. The quantitative estimate of drug-likeness (QED) is 0.627. The van der Waals surface area contributed by atoms with Crippen LogP contribution in [0.1, 0.15) is 12.8 Å². The zero-order chi connectivity index (χ0) is 22.0. The lowest BCUT2D eigenvalue weighted by Gasteiger charge is -2.31. The highest BCUT2D eigenvalue weighted by Crippen LogP contribution is 2.36. The predicted octanol–water partition coefficient (Wildman–Crippen LogP) is 3.75. The molecule has 8 heteroatoms. The van der Waals surface area contributed by atoms with Crippen LogP contribution in [0, 0.1) is 0 Å². The number of ether oxygens (including phenoxy) is 2. The van der Waals surface area contributed by atoms with Crippen molar-refractivity contribution in [3.8, 4) is 22.6 Å². The Hall–Kier alpha value is -2.84. The first-order chi connectivity index (χ1) is 14.9. The van der Waals surface area contributed by atoms with Crippen LogP contribution in [0.2, 0.25) is 0 Å². The summed E-state index contributed by atoms with van der Waals surface area (Å²) in [6.07, 6.45) is 6.44. The monoisotopic (exact) mass is 441 g/mol. The van der Waals surface area contributed by atoms with Gasteiger partial charge in [-0.2, -0.15) is 0 Å². The average Bonchev–Trinajstić information content (AvgIpc) is 2.78. The summed E-state index contributed by atoms with van der Waals surface area (Å²) in [6.45, 7) is 1.06. The van der Waals surface area contributed by atoms with Gasteiger partial charge in [0.05, 0.1) is 20.5 Å². The molecule has 2 heterocycles.